The number of hydrogen-bond donors (Lipinski definition) is 0. The first kappa shape index (κ1) is 15.3. The van der Waals surface area contributed by atoms with Crippen molar-refractivity contribution in [3.8, 4) is 11.1 Å². The van der Waals surface area contributed by atoms with Crippen LogP contribution in [0.4, 0.5) is 5.69 Å². The standard InChI is InChI=1S/C15H12N2O5/c1-9(18)14-6-3-10(8-16-14)12-5-4-11(17(20)21)7-13(12)15(19)22-2/h3-8H,1-2H3. The van der Waals surface area contributed by atoms with E-state index < -0.39 is 10.9 Å². The van der Waals surface area contributed by atoms with Crippen LogP contribution >= 0.6 is 0 Å². The fourth-order valence-electron chi connectivity index (χ4n) is 1.94. The molecule has 22 heavy (non-hydrogen) atoms. The number of aromatic nitrogens is 1. The lowest BCUT2D eigenvalue weighted by molar-refractivity contribution is -0.384. The molecule has 0 radical (unpaired) electrons. The molecule has 0 aliphatic rings. The number of methoxy groups -OCH3 is 1. The van der Waals surface area contributed by atoms with Gasteiger partial charge in [-0.1, -0.05) is 6.07 Å². The van der Waals surface area contributed by atoms with E-state index in [-0.39, 0.29) is 17.0 Å². The van der Waals surface area contributed by atoms with Crippen LogP contribution in [0.5, 0.6) is 0 Å². The summed E-state index contributed by atoms with van der Waals surface area (Å²) in [7, 11) is 1.20. The Balaban J connectivity index is 2.56. The zero-order valence-corrected chi connectivity index (χ0v) is 11.9. The molecule has 7 nitrogen and oxygen atoms in total. The second-order valence-corrected chi connectivity index (χ2v) is 4.47. The molecule has 0 spiro atoms. The lowest BCUT2D eigenvalue weighted by Gasteiger charge is -2.08. The van der Waals surface area contributed by atoms with E-state index in [9.17, 15) is 19.7 Å². The van der Waals surface area contributed by atoms with Gasteiger partial charge in [0.05, 0.1) is 17.6 Å². The maximum Gasteiger partial charge on any atom is 0.338 e. The molecule has 0 saturated carbocycles. The largest absolute Gasteiger partial charge is 0.465 e. The number of Topliss-reactive ketones (excluding diaryl/α,β-unsaturated/α-hetero) is 1. The summed E-state index contributed by atoms with van der Waals surface area (Å²) in [5.74, 6) is -0.863. The van der Waals surface area contributed by atoms with E-state index in [0.29, 0.717) is 16.8 Å². The van der Waals surface area contributed by atoms with Gasteiger partial charge >= 0.3 is 5.97 Å². The van der Waals surface area contributed by atoms with Crippen LogP contribution in [0, 0.1) is 10.1 Å². The van der Waals surface area contributed by atoms with Crippen LogP contribution in [0.15, 0.2) is 36.5 Å². The number of ketones is 1. The third kappa shape index (κ3) is 2.98. The predicted octanol–water partition coefficient (Wildman–Crippen LogP) is 2.65. The molecule has 0 unspecified atom stereocenters. The van der Waals surface area contributed by atoms with E-state index in [4.69, 9.17) is 0 Å². The quantitative estimate of drug-likeness (QED) is 0.372. The molecule has 1 heterocycles. The third-order valence-electron chi connectivity index (χ3n) is 3.05. The van der Waals surface area contributed by atoms with Gasteiger partial charge in [0.1, 0.15) is 5.69 Å². The Kier molecular flexibility index (Phi) is 4.26. The first-order valence-corrected chi connectivity index (χ1v) is 6.28. The highest BCUT2D eigenvalue weighted by Crippen LogP contribution is 2.27. The zero-order valence-electron chi connectivity index (χ0n) is 11.9. The zero-order chi connectivity index (χ0) is 16.3. The molecule has 0 amide bonds. The number of pyridine rings is 1. The van der Waals surface area contributed by atoms with Gasteiger partial charge < -0.3 is 4.74 Å². The molecule has 112 valence electrons. The second kappa shape index (κ2) is 6.13. The molecule has 0 aliphatic carbocycles. The second-order valence-electron chi connectivity index (χ2n) is 4.47. The predicted molar refractivity (Wildman–Crippen MR) is 77.7 cm³/mol. The van der Waals surface area contributed by atoms with E-state index in [1.165, 1.54) is 38.4 Å². The summed E-state index contributed by atoms with van der Waals surface area (Å²) in [6.07, 6.45) is 1.43. The van der Waals surface area contributed by atoms with E-state index >= 15 is 0 Å². The Morgan fingerprint density at radius 3 is 2.45 bits per heavy atom. The number of esters is 1. The van der Waals surface area contributed by atoms with Gasteiger partial charge in [0.15, 0.2) is 5.78 Å². The molecular weight excluding hydrogens is 288 g/mol. The van der Waals surface area contributed by atoms with Crippen LogP contribution in [-0.4, -0.2) is 28.8 Å². The van der Waals surface area contributed by atoms with Crippen LogP contribution in [0.1, 0.15) is 27.8 Å². The highest BCUT2D eigenvalue weighted by Gasteiger charge is 2.18. The average molecular weight is 300 g/mol. The van der Waals surface area contributed by atoms with Crippen LogP contribution in [0.2, 0.25) is 0 Å². The number of rotatable bonds is 4. The van der Waals surface area contributed by atoms with Crippen molar-refractivity contribution >= 4 is 17.4 Å². The summed E-state index contributed by atoms with van der Waals surface area (Å²) < 4.78 is 4.66. The minimum atomic E-state index is -0.686. The summed E-state index contributed by atoms with van der Waals surface area (Å²) in [4.78, 5) is 37.3. The lowest BCUT2D eigenvalue weighted by Crippen LogP contribution is -2.05. The normalized spacial score (nSPS) is 10.1. The van der Waals surface area contributed by atoms with Crippen molar-refractivity contribution < 1.29 is 19.2 Å². The van der Waals surface area contributed by atoms with E-state index in [1.807, 2.05) is 0 Å². The minimum absolute atomic E-state index is 0.0640. The third-order valence-corrected chi connectivity index (χ3v) is 3.05. The molecule has 7 heteroatoms. The lowest BCUT2D eigenvalue weighted by atomic mass is 10.00. The molecule has 1 aromatic carbocycles. The maximum absolute atomic E-state index is 11.8. The number of nitro groups is 1. The maximum atomic E-state index is 11.8. The summed E-state index contributed by atoms with van der Waals surface area (Å²) in [6, 6.07) is 7.05. The molecule has 0 atom stereocenters. The number of ether oxygens (including phenoxy) is 1. The fourth-order valence-corrected chi connectivity index (χ4v) is 1.94. The Morgan fingerprint density at radius 2 is 1.95 bits per heavy atom. The highest BCUT2D eigenvalue weighted by molar-refractivity contribution is 5.98. The fraction of sp³-hybridized carbons (Fsp3) is 0.133. The van der Waals surface area contributed by atoms with Crippen molar-refractivity contribution in [3.63, 3.8) is 0 Å². The van der Waals surface area contributed by atoms with Gasteiger partial charge in [-0.3, -0.25) is 19.9 Å². The van der Waals surface area contributed by atoms with E-state index in [2.05, 4.69) is 9.72 Å². The summed E-state index contributed by atoms with van der Waals surface area (Å²) in [5, 5.41) is 10.8. The van der Waals surface area contributed by atoms with Crippen LogP contribution in [0.3, 0.4) is 0 Å². The van der Waals surface area contributed by atoms with Gasteiger partial charge in [-0.2, -0.15) is 0 Å². The van der Waals surface area contributed by atoms with Crippen molar-refractivity contribution in [3.05, 3.63) is 57.9 Å². The number of carbonyl (C=O) groups excluding carboxylic acids is 2. The molecule has 1 aromatic heterocycles. The van der Waals surface area contributed by atoms with Gasteiger partial charge in [0.25, 0.3) is 5.69 Å². The van der Waals surface area contributed by atoms with Crippen LogP contribution in [-0.2, 0) is 4.74 Å². The number of non-ortho nitro benzene ring substituents is 1. The first-order chi connectivity index (χ1) is 10.4. The average Bonchev–Trinajstić information content (AvgIpc) is 2.53. The summed E-state index contributed by atoms with van der Waals surface area (Å²) in [5.41, 5.74) is 1.15. The number of benzene rings is 1. The smallest absolute Gasteiger partial charge is 0.338 e. The minimum Gasteiger partial charge on any atom is -0.465 e. The van der Waals surface area contributed by atoms with E-state index in [1.54, 1.807) is 6.07 Å². The molecule has 2 aromatic rings. The SMILES string of the molecule is COC(=O)c1cc([N+](=O)[O-])ccc1-c1ccc(C(C)=O)nc1. The number of nitrogens with zero attached hydrogens (tertiary/aromatic N) is 2. The Hall–Kier alpha value is -3.09. The molecule has 0 N–H and O–H groups in total. The Bertz CT molecular complexity index is 753. The molecular formula is C15H12N2O5. The first-order valence-electron chi connectivity index (χ1n) is 6.28. The molecule has 0 bridgehead atoms. The number of carbonyl (C=O) groups is 2. The van der Waals surface area contributed by atoms with Crippen LogP contribution < -0.4 is 0 Å². The molecule has 0 saturated heterocycles. The highest BCUT2D eigenvalue weighted by atomic mass is 16.6. The molecule has 2 rings (SSSR count). The summed E-state index contributed by atoms with van der Waals surface area (Å²) in [6.45, 7) is 1.40. The van der Waals surface area contributed by atoms with Gasteiger partial charge in [-0.05, 0) is 17.7 Å². The molecule has 0 aliphatic heterocycles. The topological polar surface area (TPSA) is 99.4 Å². The number of nitro benzene ring substituents is 1. The van der Waals surface area contributed by atoms with Crippen molar-refractivity contribution in [2.45, 2.75) is 6.92 Å². The van der Waals surface area contributed by atoms with Gasteiger partial charge in [-0.15, -0.1) is 0 Å². The van der Waals surface area contributed by atoms with Gasteiger partial charge in [0.2, 0.25) is 0 Å². The van der Waals surface area contributed by atoms with Crippen molar-refractivity contribution in [2.75, 3.05) is 7.11 Å². The van der Waals surface area contributed by atoms with Crippen molar-refractivity contribution in [2.24, 2.45) is 0 Å². The Morgan fingerprint density at radius 1 is 1.23 bits per heavy atom. The van der Waals surface area contributed by atoms with Gasteiger partial charge in [0, 0.05) is 30.8 Å². The summed E-state index contributed by atoms with van der Waals surface area (Å²) >= 11 is 0. The van der Waals surface area contributed by atoms with Crippen molar-refractivity contribution in [1.82, 2.24) is 4.98 Å². The Labute approximate surface area is 125 Å². The number of hydrogen-bond acceptors (Lipinski definition) is 6. The van der Waals surface area contributed by atoms with Crippen molar-refractivity contribution in [1.29, 1.82) is 0 Å². The monoisotopic (exact) mass is 300 g/mol. The molecule has 0 fully saturated rings. The van der Waals surface area contributed by atoms with Crippen LogP contribution in [0.25, 0.3) is 11.1 Å². The van der Waals surface area contributed by atoms with E-state index in [0.717, 1.165) is 6.07 Å². The van der Waals surface area contributed by atoms with Gasteiger partial charge in [-0.25, -0.2) is 4.79 Å².